The van der Waals surface area contributed by atoms with Gasteiger partial charge in [0.05, 0.1) is 5.41 Å². The highest BCUT2D eigenvalue weighted by Crippen LogP contribution is 2.47. The van der Waals surface area contributed by atoms with Crippen molar-refractivity contribution in [1.82, 2.24) is 4.90 Å². The molecule has 2 fully saturated rings. The van der Waals surface area contributed by atoms with Crippen LogP contribution in [0.25, 0.3) is 0 Å². The van der Waals surface area contributed by atoms with Crippen LogP contribution in [-0.2, 0) is 4.79 Å². The van der Waals surface area contributed by atoms with Gasteiger partial charge in [0.15, 0.2) is 0 Å². The standard InChI is InChI=1S/C16H24N2OS/c1-16(2)13-7-4-11(17)10-14(13)18(15(16)19)8-3-9-20-12-5-6-12/h4,10,12-13H,3,5-9,17H2,1-2H3. The van der Waals surface area contributed by atoms with Crippen molar-refractivity contribution in [2.24, 2.45) is 17.1 Å². The molecule has 0 radical (unpaired) electrons. The van der Waals surface area contributed by atoms with Crippen molar-refractivity contribution in [2.75, 3.05) is 12.3 Å². The third kappa shape index (κ3) is 2.50. The van der Waals surface area contributed by atoms with Crippen LogP contribution in [0, 0.1) is 11.3 Å². The molecule has 3 aliphatic rings. The number of hydrogen-bond acceptors (Lipinski definition) is 3. The van der Waals surface area contributed by atoms with Crippen LogP contribution >= 0.6 is 11.8 Å². The molecule has 1 heterocycles. The minimum Gasteiger partial charge on any atom is -0.399 e. The molecular weight excluding hydrogens is 268 g/mol. The lowest BCUT2D eigenvalue weighted by Gasteiger charge is -2.25. The molecule has 1 unspecified atom stereocenters. The summed E-state index contributed by atoms with van der Waals surface area (Å²) in [5, 5.41) is 0.904. The summed E-state index contributed by atoms with van der Waals surface area (Å²) in [6.07, 6.45) is 8.80. The number of carbonyl (C=O) groups is 1. The van der Waals surface area contributed by atoms with Crippen LogP contribution in [0.5, 0.6) is 0 Å². The highest BCUT2D eigenvalue weighted by atomic mass is 32.2. The van der Waals surface area contributed by atoms with Crippen LogP contribution in [0.4, 0.5) is 0 Å². The SMILES string of the molecule is CC1(C)C(=O)N(CCCSC2CC2)C2=CC(N)=CCC21. The molecule has 1 saturated heterocycles. The Hall–Kier alpha value is -0.900. The fraction of sp³-hybridized carbons (Fsp3) is 0.688. The van der Waals surface area contributed by atoms with E-state index in [0.29, 0.717) is 5.92 Å². The molecule has 3 rings (SSSR count). The Morgan fingerprint density at radius 2 is 2.20 bits per heavy atom. The highest BCUT2D eigenvalue weighted by molar-refractivity contribution is 8.00. The molecule has 4 heteroatoms. The molecule has 1 saturated carbocycles. The van der Waals surface area contributed by atoms with Gasteiger partial charge in [0.25, 0.3) is 0 Å². The third-order valence-corrected chi connectivity index (χ3v) is 6.11. The van der Waals surface area contributed by atoms with Crippen molar-refractivity contribution in [3.8, 4) is 0 Å². The number of thioether (sulfide) groups is 1. The van der Waals surface area contributed by atoms with Gasteiger partial charge in [-0.1, -0.05) is 19.9 Å². The fourth-order valence-electron chi connectivity index (χ4n) is 3.19. The molecule has 1 atom stereocenters. The Balaban J connectivity index is 1.67. The molecule has 0 aromatic carbocycles. The summed E-state index contributed by atoms with van der Waals surface area (Å²) in [6.45, 7) is 4.99. The van der Waals surface area contributed by atoms with Crippen molar-refractivity contribution in [2.45, 2.75) is 44.8 Å². The van der Waals surface area contributed by atoms with Gasteiger partial charge in [-0.2, -0.15) is 11.8 Å². The van der Waals surface area contributed by atoms with Crippen molar-refractivity contribution >= 4 is 17.7 Å². The van der Waals surface area contributed by atoms with Crippen molar-refractivity contribution < 1.29 is 4.79 Å². The first kappa shape index (κ1) is 14.1. The van der Waals surface area contributed by atoms with E-state index < -0.39 is 0 Å². The summed E-state index contributed by atoms with van der Waals surface area (Å²) in [5.74, 6) is 1.74. The molecule has 20 heavy (non-hydrogen) atoms. The van der Waals surface area contributed by atoms with Crippen LogP contribution in [0.3, 0.4) is 0 Å². The number of amides is 1. The van der Waals surface area contributed by atoms with Gasteiger partial charge in [0, 0.05) is 29.1 Å². The summed E-state index contributed by atoms with van der Waals surface area (Å²) in [5.41, 5.74) is 7.60. The van der Waals surface area contributed by atoms with E-state index >= 15 is 0 Å². The summed E-state index contributed by atoms with van der Waals surface area (Å²) in [7, 11) is 0. The predicted octanol–water partition coefficient (Wildman–Crippen LogP) is 2.89. The van der Waals surface area contributed by atoms with Gasteiger partial charge < -0.3 is 10.6 Å². The Bertz CT molecular complexity index is 477. The summed E-state index contributed by atoms with van der Waals surface area (Å²) < 4.78 is 0. The number of hydrogen-bond donors (Lipinski definition) is 1. The molecule has 1 amide bonds. The first-order chi connectivity index (χ1) is 9.50. The lowest BCUT2D eigenvalue weighted by Crippen LogP contribution is -2.32. The Morgan fingerprint density at radius 3 is 2.90 bits per heavy atom. The summed E-state index contributed by atoms with van der Waals surface area (Å²) >= 11 is 2.06. The molecule has 1 aliphatic heterocycles. The quantitative estimate of drug-likeness (QED) is 0.793. The number of allylic oxidation sites excluding steroid dienone is 3. The summed E-state index contributed by atoms with van der Waals surface area (Å²) in [4.78, 5) is 14.7. The molecule has 2 aliphatic carbocycles. The average Bonchev–Trinajstić information content (AvgIpc) is 3.19. The minimum atomic E-state index is -0.285. The van der Waals surface area contributed by atoms with E-state index in [0.717, 1.165) is 41.8 Å². The molecule has 0 aromatic rings. The van der Waals surface area contributed by atoms with E-state index in [1.165, 1.54) is 12.8 Å². The zero-order valence-corrected chi connectivity index (χ0v) is 13.2. The Morgan fingerprint density at radius 1 is 1.45 bits per heavy atom. The van der Waals surface area contributed by atoms with Gasteiger partial charge >= 0.3 is 0 Å². The average molecular weight is 292 g/mol. The number of nitrogens with zero attached hydrogens (tertiary/aromatic N) is 1. The van der Waals surface area contributed by atoms with Crippen LogP contribution in [0.2, 0.25) is 0 Å². The fourth-order valence-corrected chi connectivity index (χ4v) is 4.29. The van der Waals surface area contributed by atoms with Crippen LogP contribution in [0.1, 0.15) is 39.5 Å². The molecular formula is C16H24N2OS. The first-order valence-electron chi connectivity index (χ1n) is 7.61. The van der Waals surface area contributed by atoms with E-state index in [2.05, 4.69) is 31.7 Å². The zero-order valence-electron chi connectivity index (χ0n) is 12.4. The maximum Gasteiger partial charge on any atom is 0.233 e. The topological polar surface area (TPSA) is 46.3 Å². The number of likely N-dealkylation sites (tertiary alicyclic amines) is 1. The van der Waals surface area contributed by atoms with Crippen LogP contribution in [-0.4, -0.2) is 28.4 Å². The van der Waals surface area contributed by atoms with Gasteiger partial charge in [0.2, 0.25) is 5.91 Å². The normalized spacial score (nSPS) is 28.2. The number of fused-ring (bicyclic) bond motifs is 1. The molecule has 2 N–H and O–H groups in total. The summed E-state index contributed by atoms with van der Waals surface area (Å²) in [6, 6.07) is 0. The maximum absolute atomic E-state index is 12.7. The smallest absolute Gasteiger partial charge is 0.233 e. The van der Waals surface area contributed by atoms with Gasteiger partial charge in [-0.3, -0.25) is 4.79 Å². The van der Waals surface area contributed by atoms with Gasteiger partial charge in [0.1, 0.15) is 0 Å². The number of nitrogens with two attached hydrogens (primary N) is 1. The van der Waals surface area contributed by atoms with Crippen LogP contribution in [0.15, 0.2) is 23.5 Å². The molecule has 110 valence electrons. The Kier molecular flexibility index (Phi) is 3.61. The first-order valence-corrected chi connectivity index (χ1v) is 8.66. The van der Waals surface area contributed by atoms with E-state index in [4.69, 9.17) is 5.73 Å². The Labute approximate surface area is 125 Å². The zero-order chi connectivity index (χ0) is 14.3. The molecule has 3 nitrogen and oxygen atoms in total. The number of carbonyl (C=O) groups excluding carboxylic acids is 1. The van der Waals surface area contributed by atoms with E-state index in [1.807, 2.05) is 11.0 Å². The second-order valence-electron chi connectivity index (χ2n) is 6.66. The molecule has 0 spiro atoms. The minimum absolute atomic E-state index is 0.272. The van der Waals surface area contributed by atoms with Crippen molar-refractivity contribution in [3.05, 3.63) is 23.5 Å². The van der Waals surface area contributed by atoms with Crippen molar-refractivity contribution in [1.29, 1.82) is 0 Å². The van der Waals surface area contributed by atoms with Gasteiger partial charge in [-0.05, 0) is 37.5 Å². The van der Waals surface area contributed by atoms with Gasteiger partial charge in [-0.15, -0.1) is 0 Å². The largest absolute Gasteiger partial charge is 0.399 e. The van der Waals surface area contributed by atoms with Crippen LogP contribution < -0.4 is 5.73 Å². The second kappa shape index (κ2) is 5.14. The monoisotopic (exact) mass is 292 g/mol. The lowest BCUT2D eigenvalue weighted by molar-refractivity contribution is -0.134. The van der Waals surface area contributed by atoms with Gasteiger partial charge in [-0.25, -0.2) is 0 Å². The predicted molar refractivity (Wildman–Crippen MR) is 84.1 cm³/mol. The molecule has 0 bridgehead atoms. The third-order valence-electron chi connectivity index (χ3n) is 4.64. The second-order valence-corrected chi connectivity index (χ2v) is 8.07. The highest BCUT2D eigenvalue weighted by Gasteiger charge is 2.50. The van der Waals surface area contributed by atoms with E-state index in [9.17, 15) is 4.79 Å². The number of rotatable bonds is 5. The van der Waals surface area contributed by atoms with E-state index in [-0.39, 0.29) is 11.3 Å². The maximum atomic E-state index is 12.7. The molecule has 0 aromatic heterocycles. The van der Waals surface area contributed by atoms with Crippen molar-refractivity contribution in [3.63, 3.8) is 0 Å². The lowest BCUT2D eigenvalue weighted by atomic mass is 9.76. The van der Waals surface area contributed by atoms with E-state index in [1.54, 1.807) is 0 Å².